The van der Waals surface area contributed by atoms with Crippen LogP contribution in [0.2, 0.25) is 0 Å². The maximum absolute atomic E-state index is 12.6. The van der Waals surface area contributed by atoms with Crippen molar-refractivity contribution < 1.29 is 4.79 Å². The number of piperidine rings is 1. The number of carbonyl (C=O) groups excluding carboxylic acids is 1. The second kappa shape index (κ2) is 11.9. The number of amides is 1. The van der Waals surface area contributed by atoms with Crippen molar-refractivity contribution in [2.75, 3.05) is 23.3 Å². The zero-order chi connectivity index (χ0) is 27.3. The lowest BCUT2D eigenvalue weighted by molar-refractivity contribution is -0.115. The Hall–Kier alpha value is -4.23. The van der Waals surface area contributed by atoms with Crippen LogP contribution in [0.3, 0.4) is 0 Å². The first kappa shape index (κ1) is 26.0. The molecular weight excluding hydrogens is 514 g/mol. The second-order valence-electron chi connectivity index (χ2n) is 10.5. The number of carbonyl (C=O) groups is 1. The van der Waals surface area contributed by atoms with Gasteiger partial charge in [-0.3, -0.25) is 9.89 Å². The van der Waals surface area contributed by atoms with Gasteiger partial charge in [0, 0.05) is 35.2 Å². The number of benzene rings is 2. The fourth-order valence-corrected chi connectivity index (χ4v) is 6.16. The maximum atomic E-state index is 12.6. The van der Waals surface area contributed by atoms with Crippen LogP contribution in [0, 0.1) is 12.8 Å². The van der Waals surface area contributed by atoms with Crippen LogP contribution in [0.15, 0.2) is 78.3 Å². The molecule has 4 heterocycles. The van der Waals surface area contributed by atoms with Gasteiger partial charge in [-0.2, -0.15) is 5.10 Å². The van der Waals surface area contributed by atoms with Crippen LogP contribution in [-0.4, -0.2) is 34.2 Å². The second-order valence-corrected chi connectivity index (χ2v) is 11.6. The van der Waals surface area contributed by atoms with E-state index in [0.717, 1.165) is 63.6 Å². The molecule has 0 bridgehead atoms. The zero-order valence-corrected chi connectivity index (χ0v) is 23.5. The van der Waals surface area contributed by atoms with Crippen LogP contribution in [0.1, 0.15) is 40.1 Å². The molecule has 2 aromatic carbocycles. The van der Waals surface area contributed by atoms with Gasteiger partial charge in [0.2, 0.25) is 5.91 Å². The number of H-pyrrole nitrogens is 1. The number of aryl methyl sites for hydroxylation is 1. The van der Waals surface area contributed by atoms with Gasteiger partial charge in [-0.15, -0.1) is 11.3 Å². The number of hydrogen-bond acceptors (Lipinski definition) is 5. The number of fused-ring (bicyclic) bond motifs is 1. The van der Waals surface area contributed by atoms with Crippen LogP contribution < -0.4 is 10.2 Å². The van der Waals surface area contributed by atoms with E-state index in [2.05, 4.69) is 73.9 Å². The molecule has 1 saturated heterocycles. The van der Waals surface area contributed by atoms with Gasteiger partial charge in [0.25, 0.3) is 0 Å². The van der Waals surface area contributed by atoms with Gasteiger partial charge in [0.1, 0.15) is 5.82 Å². The van der Waals surface area contributed by atoms with Gasteiger partial charge >= 0.3 is 0 Å². The number of pyridine rings is 1. The molecule has 1 aliphatic heterocycles. The van der Waals surface area contributed by atoms with Crippen LogP contribution in [-0.2, 0) is 17.6 Å². The smallest absolute Gasteiger partial charge is 0.229 e. The lowest BCUT2D eigenvalue weighted by Crippen LogP contribution is -2.34. The Balaban J connectivity index is 1.11. The standard InChI is InChI=1S/C33H33N5OS/c1-23-18-31-28(22-30(23)35-33(39)21-27-8-5-17-40-27)29(36-37-31)11-10-24-6-4-7-26(19-24)20-25-12-15-38(16-13-25)32-9-2-3-14-34-32/h2-11,14,17-19,22,25H,12-13,15-16,20-21H2,1H3,(H,35,39)(H,36,37)/b11-10+. The number of aromatic amines is 1. The summed E-state index contributed by atoms with van der Waals surface area (Å²) < 4.78 is 0. The first-order chi connectivity index (χ1) is 19.6. The molecule has 6 nitrogen and oxygen atoms in total. The number of hydrogen-bond donors (Lipinski definition) is 2. The molecule has 0 spiro atoms. The SMILES string of the molecule is Cc1cc2[nH]nc(/C=C/c3cccc(CC4CCN(c5ccccn5)CC4)c3)c2cc1NC(=O)Cc1cccs1. The minimum absolute atomic E-state index is 0.00953. The lowest BCUT2D eigenvalue weighted by Gasteiger charge is -2.32. The molecule has 40 heavy (non-hydrogen) atoms. The summed E-state index contributed by atoms with van der Waals surface area (Å²) in [7, 11) is 0. The van der Waals surface area contributed by atoms with Crippen molar-refractivity contribution >= 4 is 51.8 Å². The zero-order valence-electron chi connectivity index (χ0n) is 22.6. The molecule has 7 heteroatoms. The van der Waals surface area contributed by atoms with Gasteiger partial charge in [-0.1, -0.05) is 42.5 Å². The van der Waals surface area contributed by atoms with Crippen molar-refractivity contribution in [1.29, 1.82) is 0 Å². The number of aromatic nitrogens is 3. The van der Waals surface area contributed by atoms with Crippen molar-refractivity contribution in [3.05, 3.63) is 106 Å². The van der Waals surface area contributed by atoms with Crippen LogP contribution in [0.4, 0.5) is 11.5 Å². The third kappa shape index (κ3) is 6.15. The Bertz CT molecular complexity index is 1620. The molecule has 2 N–H and O–H groups in total. The predicted octanol–water partition coefficient (Wildman–Crippen LogP) is 7.14. The van der Waals surface area contributed by atoms with Gasteiger partial charge in [-0.25, -0.2) is 4.98 Å². The lowest BCUT2D eigenvalue weighted by atomic mass is 9.89. The average molecular weight is 548 g/mol. The summed E-state index contributed by atoms with van der Waals surface area (Å²) in [5, 5.41) is 13.8. The Labute approximate surface area is 238 Å². The van der Waals surface area contributed by atoms with E-state index < -0.39 is 0 Å². The Morgan fingerprint density at radius 3 is 2.77 bits per heavy atom. The monoisotopic (exact) mass is 547 g/mol. The molecule has 0 saturated carbocycles. The maximum Gasteiger partial charge on any atom is 0.229 e. The Morgan fingerprint density at radius 2 is 1.98 bits per heavy atom. The number of rotatable bonds is 8. The molecule has 1 fully saturated rings. The Morgan fingerprint density at radius 1 is 1.07 bits per heavy atom. The largest absolute Gasteiger partial charge is 0.357 e. The number of nitrogens with zero attached hydrogens (tertiary/aromatic N) is 3. The number of anilines is 2. The molecule has 0 unspecified atom stereocenters. The third-order valence-electron chi connectivity index (χ3n) is 7.62. The molecule has 5 aromatic rings. The van der Waals surface area contributed by atoms with E-state index in [9.17, 15) is 4.79 Å². The van der Waals surface area contributed by atoms with E-state index >= 15 is 0 Å². The molecule has 0 aliphatic carbocycles. The normalized spacial score (nSPS) is 14.3. The van der Waals surface area contributed by atoms with Crippen molar-refractivity contribution in [2.24, 2.45) is 5.92 Å². The minimum atomic E-state index is -0.00953. The summed E-state index contributed by atoms with van der Waals surface area (Å²) in [5.74, 6) is 1.76. The van der Waals surface area contributed by atoms with Gasteiger partial charge in [0.15, 0.2) is 0 Å². The average Bonchev–Trinajstić information content (AvgIpc) is 3.63. The van der Waals surface area contributed by atoms with Crippen LogP contribution in [0.25, 0.3) is 23.1 Å². The fraction of sp³-hybridized carbons (Fsp3) is 0.242. The van der Waals surface area contributed by atoms with Crippen molar-refractivity contribution in [2.45, 2.75) is 32.6 Å². The molecule has 1 amide bonds. The van der Waals surface area contributed by atoms with Crippen molar-refractivity contribution in [1.82, 2.24) is 15.2 Å². The highest BCUT2D eigenvalue weighted by Gasteiger charge is 2.20. The summed E-state index contributed by atoms with van der Waals surface area (Å²) in [6, 6.07) is 23.0. The summed E-state index contributed by atoms with van der Waals surface area (Å²) in [6.45, 7) is 4.12. The van der Waals surface area contributed by atoms with E-state index in [1.165, 1.54) is 18.4 Å². The summed E-state index contributed by atoms with van der Waals surface area (Å²) in [5.41, 5.74) is 6.18. The van der Waals surface area contributed by atoms with Gasteiger partial charge < -0.3 is 10.2 Å². The van der Waals surface area contributed by atoms with E-state index in [1.54, 1.807) is 11.3 Å². The number of thiophene rings is 1. The molecular formula is C33H33N5OS. The van der Waals surface area contributed by atoms with E-state index in [-0.39, 0.29) is 5.91 Å². The molecule has 202 valence electrons. The molecule has 6 rings (SSSR count). The van der Waals surface area contributed by atoms with E-state index in [4.69, 9.17) is 0 Å². The predicted molar refractivity (Wildman–Crippen MR) is 166 cm³/mol. The first-order valence-corrected chi connectivity index (χ1v) is 14.7. The topological polar surface area (TPSA) is 73.9 Å². The third-order valence-corrected chi connectivity index (χ3v) is 8.50. The fourth-order valence-electron chi connectivity index (χ4n) is 5.46. The summed E-state index contributed by atoms with van der Waals surface area (Å²) in [6.07, 6.45) is 9.89. The molecule has 0 radical (unpaired) electrons. The molecule has 3 aromatic heterocycles. The molecule has 0 atom stereocenters. The summed E-state index contributed by atoms with van der Waals surface area (Å²) >= 11 is 1.60. The Kier molecular flexibility index (Phi) is 7.73. The van der Waals surface area contributed by atoms with Crippen LogP contribution in [0.5, 0.6) is 0 Å². The highest BCUT2D eigenvalue weighted by molar-refractivity contribution is 7.10. The van der Waals surface area contributed by atoms with Gasteiger partial charge in [-0.05, 0) is 90.6 Å². The van der Waals surface area contributed by atoms with E-state index in [1.807, 2.05) is 48.8 Å². The molecule has 1 aliphatic rings. The summed E-state index contributed by atoms with van der Waals surface area (Å²) in [4.78, 5) is 20.6. The van der Waals surface area contributed by atoms with E-state index in [0.29, 0.717) is 12.3 Å². The highest BCUT2D eigenvalue weighted by atomic mass is 32.1. The quantitative estimate of drug-likeness (QED) is 0.217. The number of nitrogens with one attached hydrogen (secondary N) is 2. The van der Waals surface area contributed by atoms with Gasteiger partial charge in [0.05, 0.1) is 17.6 Å². The highest BCUT2D eigenvalue weighted by Crippen LogP contribution is 2.27. The van der Waals surface area contributed by atoms with Crippen molar-refractivity contribution in [3.8, 4) is 0 Å². The van der Waals surface area contributed by atoms with Crippen molar-refractivity contribution in [3.63, 3.8) is 0 Å². The van der Waals surface area contributed by atoms with Crippen LogP contribution >= 0.6 is 11.3 Å². The first-order valence-electron chi connectivity index (χ1n) is 13.8. The minimum Gasteiger partial charge on any atom is -0.357 e.